The molecule has 0 spiro atoms. The Morgan fingerprint density at radius 3 is 2.57 bits per heavy atom. The fraction of sp³-hybridized carbons (Fsp3) is 0.467. The summed E-state index contributed by atoms with van der Waals surface area (Å²) < 4.78 is 0. The molecule has 1 fully saturated rings. The van der Waals surface area contributed by atoms with Gasteiger partial charge in [0.1, 0.15) is 0 Å². The van der Waals surface area contributed by atoms with E-state index in [2.05, 4.69) is 21.8 Å². The van der Waals surface area contributed by atoms with Gasteiger partial charge in [-0.2, -0.15) is 0 Å². The maximum absolute atomic E-state index is 12.3. The van der Waals surface area contributed by atoms with Crippen molar-refractivity contribution in [2.45, 2.75) is 13.3 Å². The number of aromatic amines is 2. The summed E-state index contributed by atoms with van der Waals surface area (Å²) in [5.74, 6) is 0.156. The molecule has 1 aliphatic heterocycles. The molecule has 1 aromatic carbocycles. The van der Waals surface area contributed by atoms with Crippen molar-refractivity contribution in [3.8, 4) is 0 Å². The summed E-state index contributed by atoms with van der Waals surface area (Å²) in [6, 6.07) is 5.60. The molecule has 0 aliphatic carbocycles. The third-order valence-electron chi connectivity index (χ3n) is 4.11. The summed E-state index contributed by atoms with van der Waals surface area (Å²) in [6.45, 7) is 6.69. The van der Waals surface area contributed by atoms with Crippen LogP contribution in [0.25, 0.3) is 11.0 Å². The predicted octanol–water partition coefficient (Wildman–Crippen LogP) is 0.563. The van der Waals surface area contributed by atoms with Gasteiger partial charge in [-0.05, 0) is 24.2 Å². The number of imidazole rings is 1. The number of carbonyl (C=O) groups excluding carboxylic acids is 1. The SMILES string of the molecule is CCN1CCN(C(=O)Cc2ccc3[nH]c(=O)[nH]c3c2)CC1. The van der Waals surface area contributed by atoms with Crippen LogP contribution in [0.1, 0.15) is 12.5 Å². The minimum atomic E-state index is -0.218. The number of fused-ring (bicyclic) bond motifs is 1. The minimum Gasteiger partial charge on any atom is -0.340 e. The maximum Gasteiger partial charge on any atom is 0.323 e. The molecular formula is C15H20N4O2. The van der Waals surface area contributed by atoms with Crippen molar-refractivity contribution in [3.63, 3.8) is 0 Å². The van der Waals surface area contributed by atoms with Gasteiger partial charge in [0.2, 0.25) is 5.91 Å². The lowest BCUT2D eigenvalue weighted by atomic mass is 10.1. The lowest BCUT2D eigenvalue weighted by Crippen LogP contribution is -2.48. The lowest BCUT2D eigenvalue weighted by Gasteiger charge is -2.34. The normalized spacial score (nSPS) is 16.5. The van der Waals surface area contributed by atoms with Crippen molar-refractivity contribution in [1.29, 1.82) is 0 Å². The molecule has 6 heteroatoms. The van der Waals surface area contributed by atoms with Gasteiger partial charge in [0.15, 0.2) is 0 Å². The molecule has 2 heterocycles. The minimum absolute atomic E-state index is 0.156. The van der Waals surface area contributed by atoms with E-state index in [-0.39, 0.29) is 11.6 Å². The van der Waals surface area contributed by atoms with Gasteiger partial charge in [0.25, 0.3) is 0 Å². The van der Waals surface area contributed by atoms with E-state index >= 15 is 0 Å². The smallest absolute Gasteiger partial charge is 0.323 e. The van der Waals surface area contributed by atoms with Crippen molar-refractivity contribution in [1.82, 2.24) is 19.8 Å². The fourth-order valence-electron chi connectivity index (χ4n) is 2.79. The fourth-order valence-corrected chi connectivity index (χ4v) is 2.79. The number of amides is 1. The summed E-state index contributed by atoms with van der Waals surface area (Å²) in [6.07, 6.45) is 0.384. The number of piperazine rings is 1. The van der Waals surface area contributed by atoms with Crippen molar-refractivity contribution in [2.24, 2.45) is 0 Å². The topological polar surface area (TPSA) is 72.2 Å². The van der Waals surface area contributed by atoms with E-state index in [0.717, 1.165) is 49.3 Å². The molecule has 0 radical (unpaired) electrons. The van der Waals surface area contributed by atoms with Crippen molar-refractivity contribution < 1.29 is 4.79 Å². The first-order valence-corrected chi connectivity index (χ1v) is 7.37. The first-order chi connectivity index (χ1) is 10.2. The highest BCUT2D eigenvalue weighted by Gasteiger charge is 2.20. The zero-order valence-electron chi connectivity index (χ0n) is 12.2. The standard InChI is InChI=1S/C15H20N4O2/c1-2-18-5-7-19(8-6-18)14(20)10-11-3-4-12-13(9-11)17-15(21)16-12/h3-4,9H,2,5-8,10H2,1H3,(H2,16,17,21). The van der Waals surface area contributed by atoms with Gasteiger partial charge in [-0.1, -0.05) is 13.0 Å². The second kappa shape index (κ2) is 5.73. The Balaban J connectivity index is 1.67. The molecule has 1 aliphatic rings. The van der Waals surface area contributed by atoms with Crippen LogP contribution >= 0.6 is 0 Å². The van der Waals surface area contributed by atoms with Gasteiger partial charge in [-0.25, -0.2) is 4.79 Å². The molecule has 1 saturated heterocycles. The van der Waals surface area contributed by atoms with Gasteiger partial charge in [-0.15, -0.1) is 0 Å². The Labute approximate surface area is 122 Å². The number of benzene rings is 1. The van der Waals surface area contributed by atoms with Crippen LogP contribution in [0, 0.1) is 0 Å². The summed E-state index contributed by atoms with van der Waals surface area (Å²) in [7, 11) is 0. The largest absolute Gasteiger partial charge is 0.340 e. The van der Waals surface area contributed by atoms with Gasteiger partial charge in [0.05, 0.1) is 17.5 Å². The molecular weight excluding hydrogens is 268 g/mol. The molecule has 2 aromatic rings. The van der Waals surface area contributed by atoms with E-state index in [9.17, 15) is 9.59 Å². The number of H-pyrrole nitrogens is 2. The first-order valence-electron chi connectivity index (χ1n) is 7.37. The molecule has 112 valence electrons. The zero-order chi connectivity index (χ0) is 14.8. The third kappa shape index (κ3) is 3.00. The number of hydrogen-bond donors (Lipinski definition) is 2. The molecule has 6 nitrogen and oxygen atoms in total. The number of rotatable bonds is 3. The van der Waals surface area contributed by atoms with Crippen LogP contribution in [-0.4, -0.2) is 58.4 Å². The van der Waals surface area contributed by atoms with Crippen LogP contribution in [0.4, 0.5) is 0 Å². The van der Waals surface area contributed by atoms with Crippen LogP contribution in [0.5, 0.6) is 0 Å². The Bertz CT molecular complexity index is 695. The second-order valence-electron chi connectivity index (χ2n) is 5.45. The van der Waals surface area contributed by atoms with Gasteiger partial charge in [-0.3, -0.25) is 4.79 Å². The summed E-state index contributed by atoms with van der Waals surface area (Å²) in [5, 5.41) is 0. The van der Waals surface area contributed by atoms with Crippen molar-refractivity contribution in [3.05, 3.63) is 34.2 Å². The van der Waals surface area contributed by atoms with Crippen LogP contribution in [0.3, 0.4) is 0 Å². The van der Waals surface area contributed by atoms with Gasteiger partial charge in [0, 0.05) is 26.2 Å². The lowest BCUT2D eigenvalue weighted by molar-refractivity contribution is -0.132. The van der Waals surface area contributed by atoms with E-state index in [0.29, 0.717) is 6.42 Å². The highest BCUT2D eigenvalue weighted by molar-refractivity contribution is 5.81. The van der Waals surface area contributed by atoms with Crippen molar-refractivity contribution in [2.75, 3.05) is 32.7 Å². The molecule has 0 bridgehead atoms. The highest BCUT2D eigenvalue weighted by Crippen LogP contribution is 2.12. The number of hydrogen-bond acceptors (Lipinski definition) is 3. The monoisotopic (exact) mass is 288 g/mol. The predicted molar refractivity (Wildman–Crippen MR) is 81.3 cm³/mol. The first kappa shape index (κ1) is 13.9. The summed E-state index contributed by atoms with van der Waals surface area (Å²) >= 11 is 0. The number of aromatic nitrogens is 2. The number of nitrogens with one attached hydrogen (secondary N) is 2. The van der Waals surface area contributed by atoms with Crippen LogP contribution < -0.4 is 5.69 Å². The van der Waals surface area contributed by atoms with E-state index < -0.39 is 0 Å². The molecule has 1 aromatic heterocycles. The van der Waals surface area contributed by atoms with E-state index in [1.165, 1.54) is 0 Å². The summed E-state index contributed by atoms with van der Waals surface area (Å²) in [4.78, 5) is 33.3. The van der Waals surface area contributed by atoms with Crippen LogP contribution in [0.2, 0.25) is 0 Å². The molecule has 2 N–H and O–H groups in total. The van der Waals surface area contributed by atoms with Gasteiger partial charge >= 0.3 is 5.69 Å². The quantitative estimate of drug-likeness (QED) is 0.867. The molecule has 0 unspecified atom stereocenters. The molecule has 0 atom stereocenters. The van der Waals surface area contributed by atoms with E-state index in [1.54, 1.807) is 0 Å². The number of likely N-dealkylation sites (N-methyl/N-ethyl adjacent to an activating group) is 1. The van der Waals surface area contributed by atoms with Gasteiger partial charge < -0.3 is 19.8 Å². The molecule has 0 saturated carbocycles. The van der Waals surface area contributed by atoms with E-state index in [4.69, 9.17) is 0 Å². The highest BCUT2D eigenvalue weighted by atomic mass is 16.2. The Kier molecular flexibility index (Phi) is 3.79. The molecule has 3 rings (SSSR count). The Morgan fingerprint density at radius 2 is 1.86 bits per heavy atom. The summed E-state index contributed by atoms with van der Waals surface area (Å²) in [5.41, 5.74) is 2.23. The second-order valence-corrected chi connectivity index (χ2v) is 5.45. The Hall–Kier alpha value is -2.08. The van der Waals surface area contributed by atoms with E-state index in [1.807, 2.05) is 23.1 Å². The molecule has 1 amide bonds. The third-order valence-corrected chi connectivity index (χ3v) is 4.11. The zero-order valence-corrected chi connectivity index (χ0v) is 12.2. The van der Waals surface area contributed by atoms with Crippen LogP contribution in [-0.2, 0) is 11.2 Å². The maximum atomic E-state index is 12.3. The average molecular weight is 288 g/mol. The Morgan fingerprint density at radius 1 is 1.14 bits per heavy atom. The number of carbonyl (C=O) groups is 1. The average Bonchev–Trinajstić information content (AvgIpc) is 2.86. The van der Waals surface area contributed by atoms with Crippen LogP contribution in [0.15, 0.2) is 23.0 Å². The number of nitrogens with zero attached hydrogens (tertiary/aromatic N) is 2. The van der Waals surface area contributed by atoms with Crippen molar-refractivity contribution >= 4 is 16.9 Å². The molecule has 21 heavy (non-hydrogen) atoms.